The second-order valence-electron chi connectivity index (χ2n) is 10.3. The summed E-state index contributed by atoms with van der Waals surface area (Å²) in [6.07, 6.45) is 3.67. The van der Waals surface area contributed by atoms with Gasteiger partial charge in [-0.05, 0) is 75.8 Å². The summed E-state index contributed by atoms with van der Waals surface area (Å²) in [6, 6.07) is 11.4. The number of aromatic nitrogens is 2. The molecular weight excluding hydrogens is 470 g/mol. The molecule has 8 heteroatoms. The summed E-state index contributed by atoms with van der Waals surface area (Å²) in [5.74, 6) is 1.43. The SMILES string of the molecule is COC(=O)N1c2ccc3c(nc([C@@H](O)c4cccc(OC)c4)n3[C@@H]3CCC[C@@H](C(C)=O)C3)c2CC[C@@H]1C. The molecule has 0 radical (unpaired) electrons. The molecule has 4 atom stereocenters. The van der Waals surface area contributed by atoms with Gasteiger partial charge in [0.15, 0.2) is 0 Å². The number of fused-ring (bicyclic) bond motifs is 3. The van der Waals surface area contributed by atoms with Crippen LogP contribution in [-0.4, -0.2) is 46.8 Å². The van der Waals surface area contributed by atoms with Crippen LogP contribution < -0.4 is 9.64 Å². The van der Waals surface area contributed by atoms with Gasteiger partial charge in [-0.2, -0.15) is 0 Å². The van der Waals surface area contributed by atoms with Crippen molar-refractivity contribution in [3.05, 3.63) is 53.3 Å². The van der Waals surface area contributed by atoms with Crippen LogP contribution in [0.2, 0.25) is 0 Å². The number of benzene rings is 2. The zero-order chi connectivity index (χ0) is 26.3. The number of imidazole rings is 1. The smallest absolute Gasteiger partial charge is 0.414 e. The van der Waals surface area contributed by atoms with Crippen LogP contribution in [-0.2, 0) is 16.0 Å². The maximum atomic E-state index is 12.6. The molecular formula is C29H35N3O5. The van der Waals surface area contributed by atoms with Gasteiger partial charge in [-0.15, -0.1) is 0 Å². The molecule has 37 heavy (non-hydrogen) atoms. The Kier molecular flexibility index (Phi) is 6.94. The van der Waals surface area contributed by atoms with E-state index in [1.807, 2.05) is 43.3 Å². The average molecular weight is 506 g/mol. The number of aliphatic hydroxyl groups is 1. The maximum absolute atomic E-state index is 12.6. The van der Waals surface area contributed by atoms with E-state index in [9.17, 15) is 14.7 Å². The fourth-order valence-corrected chi connectivity index (χ4v) is 6.10. The highest BCUT2D eigenvalue weighted by Gasteiger charge is 2.35. The molecule has 5 rings (SSSR count). The number of ether oxygens (including phenoxy) is 2. The number of carbonyl (C=O) groups is 2. The van der Waals surface area contributed by atoms with Gasteiger partial charge in [-0.3, -0.25) is 9.69 Å². The van der Waals surface area contributed by atoms with Gasteiger partial charge in [0.1, 0.15) is 23.5 Å². The quantitative estimate of drug-likeness (QED) is 0.502. The normalized spacial score (nSPS) is 22.4. The van der Waals surface area contributed by atoms with E-state index in [1.54, 1.807) is 18.9 Å². The van der Waals surface area contributed by atoms with Gasteiger partial charge in [-0.25, -0.2) is 9.78 Å². The highest BCUT2D eigenvalue weighted by atomic mass is 16.5. The number of Topliss-reactive ketones (excluding diaryl/α,β-unsaturated/α-hetero) is 1. The van der Waals surface area contributed by atoms with Crippen LogP contribution in [0.15, 0.2) is 36.4 Å². The van der Waals surface area contributed by atoms with E-state index in [1.165, 1.54) is 7.11 Å². The van der Waals surface area contributed by atoms with Crippen molar-refractivity contribution in [2.24, 2.45) is 5.92 Å². The molecule has 2 aromatic carbocycles. The number of amides is 1. The monoisotopic (exact) mass is 505 g/mol. The Morgan fingerprint density at radius 2 is 1.95 bits per heavy atom. The van der Waals surface area contributed by atoms with Crippen molar-refractivity contribution in [1.82, 2.24) is 9.55 Å². The number of aryl methyl sites for hydroxylation is 1. The van der Waals surface area contributed by atoms with Crippen molar-refractivity contribution in [3.8, 4) is 5.75 Å². The van der Waals surface area contributed by atoms with Crippen molar-refractivity contribution in [2.45, 2.75) is 70.6 Å². The third-order valence-electron chi connectivity index (χ3n) is 8.09. The first kappa shape index (κ1) is 25.3. The minimum absolute atomic E-state index is 0.00584. The number of hydrogen-bond donors (Lipinski definition) is 1. The van der Waals surface area contributed by atoms with Crippen LogP contribution in [0, 0.1) is 5.92 Å². The van der Waals surface area contributed by atoms with Crippen LogP contribution in [0.25, 0.3) is 11.0 Å². The highest BCUT2D eigenvalue weighted by molar-refractivity contribution is 5.95. The summed E-state index contributed by atoms with van der Waals surface area (Å²) >= 11 is 0. The third kappa shape index (κ3) is 4.48. The molecule has 1 aliphatic heterocycles. The number of aliphatic hydroxyl groups excluding tert-OH is 1. The van der Waals surface area contributed by atoms with Crippen LogP contribution in [0.1, 0.15) is 75.0 Å². The summed E-state index contributed by atoms with van der Waals surface area (Å²) in [4.78, 5) is 31.7. The Labute approximate surface area is 217 Å². The van der Waals surface area contributed by atoms with Gasteiger partial charge in [0.05, 0.1) is 30.9 Å². The average Bonchev–Trinajstić information content (AvgIpc) is 3.32. The molecule has 1 saturated carbocycles. The Morgan fingerprint density at radius 1 is 1.14 bits per heavy atom. The zero-order valence-electron chi connectivity index (χ0n) is 21.9. The second-order valence-corrected chi connectivity index (χ2v) is 10.3. The molecule has 1 fully saturated rings. The minimum atomic E-state index is -0.977. The largest absolute Gasteiger partial charge is 0.497 e. The highest BCUT2D eigenvalue weighted by Crippen LogP contribution is 2.42. The van der Waals surface area contributed by atoms with Crippen LogP contribution >= 0.6 is 0 Å². The molecule has 0 unspecified atom stereocenters. The second kappa shape index (κ2) is 10.2. The fourth-order valence-electron chi connectivity index (χ4n) is 6.10. The summed E-state index contributed by atoms with van der Waals surface area (Å²) in [5, 5.41) is 11.6. The Bertz CT molecular complexity index is 1330. The van der Waals surface area contributed by atoms with Crippen molar-refractivity contribution in [1.29, 1.82) is 0 Å². The van der Waals surface area contributed by atoms with Gasteiger partial charge in [0.2, 0.25) is 0 Å². The first-order valence-electron chi connectivity index (χ1n) is 13.1. The molecule has 3 aromatic rings. The number of rotatable bonds is 5. The van der Waals surface area contributed by atoms with Crippen LogP contribution in [0.3, 0.4) is 0 Å². The lowest BCUT2D eigenvalue weighted by atomic mass is 9.83. The van der Waals surface area contributed by atoms with E-state index in [4.69, 9.17) is 14.5 Å². The van der Waals surface area contributed by atoms with E-state index >= 15 is 0 Å². The molecule has 1 aliphatic carbocycles. The molecule has 2 aliphatic rings. The predicted octanol–water partition coefficient (Wildman–Crippen LogP) is 5.35. The number of anilines is 1. The number of hydrogen-bond acceptors (Lipinski definition) is 6. The number of nitrogens with zero attached hydrogens (tertiary/aromatic N) is 3. The molecule has 0 spiro atoms. The van der Waals surface area contributed by atoms with E-state index in [0.717, 1.165) is 60.8 Å². The fraction of sp³-hybridized carbons (Fsp3) is 0.483. The number of methoxy groups -OCH3 is 2. The van der Waals surface area contributed by atoms with E-state index < -0.39 is 6.10 Å². The standard InChI is InChI=1S/C29H35N3O5/c1-17-11-12-23-24(31(17)29(35)37-4)13-14-25-26(23)30-28(27(34)20-8-6-10-22(16-20)36-3)32(25)21-9-5-7-19(15-21)18(2)33/h6,8,10,13-14,16-17,19,21,27,34H,5,7,9,11-12,15H2,1-4H3/t17-,19+,21+,27-/m0/s1. The Hall–Kier alpha value is -3.39. The lowest BCUT2D eigenvalue weighted by molar-refractivity contribution is -0.122. The summed E-state index contributed by atoms with van der Waals surface area (Å²) in [7, 11) is 3.00. The Balaban J connectivity index is 1.69. The lowest BCUT2D eigenvalue weighted by Crippen LogP contribution is -2.42. The van der Waals surface area contributed by atoms with Crippen molar-refractivity contribution >= 4 is 28.6 Å². The number of carbonyl (C=O) groups excluding carboxylic acids is 2. The van der Waals surface area contributed by atoms with E-state index in [2.05, 4.69) is 4.57 Å². The minimum Gasteiger partial charge on any atom is -0.497 e. The summed E-state index contributed by atoms with van der Waals surface area (Å²) in [5.41, 5.74) is 4.19. The van der Waals surface area contributed by atoms with Gasteiger partial charge >= 0.3 is 6.09 Å². The van der Waals surface area contributed by atoms with Crippen molar-refractivity contribution in [3.63, 3.8) is 0 Å². The zero-order valence-corrected chi connectivity index (χ0v) is 21.9. The molecule has 2 heterocycles. The first-order chi connectivity index (χ1) is 17.8. The van der Waals surface area contributed by atoms with Crippen LogP contribution in [0.5, 0.6) is 5.75 Å². The third-order valence-corrected chi connectivity index (χ3v) is 8.09. The van der Waals surface area contributed by atoms with E-state index in [0.29, 0.717) is 17.1 Å². The molecule has 1 aromatic heterocycles. The lowest BCUT2D eigenvalue weighted by Gasteiger charge is -2.34. The topological polar surface area (TPSA) is 93.9 Å². The maximum Gasteiger partial charge on any atom is 0.414 e. The molecule has 1 amide bonds. The van der Waals surface area contributed by atoms with Gasteiger partial charge in [-0.1, -0.05) is 18.6 Å². The first-order valence-corrected chi connectivity index (χ1v) is 13.1. The van der Waals surface area contributed by atoms with Crippen LogP contribution in [0.4, 0.5) is 10.5 Å². The molecule has 0 bridgehead atoms. The molecule has 0 saturated heterocycles. The number of ketones is 1. The van der Waals surface area contributed by atoms with Crippen molar-refractivity contribution < 1.29 is 24.2 Å². The molecule has 1 N–H and O–H groups in total. The van der Waals surface area contributed by atoms with Gasteiger partial charge < -0.3 is 19.1 Å². The predicted molar refractivity (Wildman–Crippen MR) is 141 cm³/mol. The molecule has 8 nitrogen and oxygen atoms in total. The summed E-state index contributed by atoms with van der Waals surface area (Å²) in [6.45, 7) is 3.69. The van der Waals surface area contributed by atoms with Gasteiger partial charge in [0, 0.05) is 23.6 Å². The Morgan fingerprint density at radius 3 is 2.68 bits per heavy atom. The molecule has 196 valence electrons. The van der Waals surface area contributed by atoms with E-state index in [-0.39, 0.29) is 29.9 Å². The van der Waals surface area contributed by atoms with Crippen molar-refractivity contribution in [2.75, 3.05) is 19.1 Å². The van der Waals surface area contributed by atoms with Gasteiger partial charge in [0.25, 0.3) is 0 Å². The summed E-state index contributed by atoms with van der Waals surface area (Å²) < 4.78 is 12.6.